The summed E-state index contributed by atoms with van der Waals surface area (Å²) in [6, 6.07) is 9.16. The van der Waals surface area contributed by atoms with Crippen LogP contribution in [0.5, 0.6) is 0 Å². The molecule has 1 unspecified atom stereocenters. The van der Waals surface area contributed by atoms with Gasteiger partial charge in [0.2, 0.25) is 0 Å². The molecule has 2 aromatic rings. The van der Waals surface area contributed by atoms with Gasteiger partial charge in [-0.15, -0.1) is 0 Å². The van der Waals surface area contributed by atoms with Gasteiger partial charge in [0.15, 0.2) is 5.05 Å². The summed E-state index contributed by atoms with van der Waals surface area (Å²) in [6.45, 7) is 7.54. The third-order valence-electron chi connectivity index (χ3n) is 3.87. The summed E-state index contributed by atoms with van der Waals surface area (Å²) in [5, 5.41) is 1.31. The fraction of sp³-hybridized carbons (Fsp3) is 0.300. The number of thiocarbonyl (C=S) groups is 1. The van der Waals surface area contributed by atoms with Crippen LogP contribution in [0.2, 0.25) is 10.0 Å². The average molecular weight is 442 g/mol. The third kappa shape index (κ3) is 5.04. The minimum absolute atomic E-state index is 0.353. The lowest BCUT2D eigenvalue weighted by molar-refractivity contribution is 0.416. The predicted molar refractivity (Wildman–Crippen MR) is 121 cm³/mol. The van der Waals surface area contributed by atoms with Crippen molar-refractivity contribution in [3.63, 3.8) is 0 Å². The van der Waals surface area contributed by atoms with Gasteiger partial charge >= 0.3 is 0 Å². The van der Waals surface area contributed by atoms with E-state index in [0.717, 1.165) is 16.7 Å². The molecule has 144 valence electrons. The van der Waals surface area contributed by atoms with Gasteiger partial charge in [-0.1, -0.05) is 39.7 Å². The molecule has 0 fully saturated rings. The minimum Gasteiger partial charge on any atom is -0.591 e. The van der Waals surface area contributed by atoms with Crippen LogP contribution in [0.1, 0.15) is 37.5 Å². The SMILES string of the molecule is COC(=S)c1cccc(C)c1-c1c(Cl)ccc(Cl)c1C=N[S+]([O-])C(C)(C)C. The van der Waals surface area contributed by atoms with Crippen molar-refractivity contribution < 1.29 is 9.29 Å². The molecule has 7 heteroatoms. The largest absolute Gasteiger partial charge is 0.591 e. The average Bonchev–Trinajstić information content (AvgIpc) is 2.60. The third-order valence-corrected chi connectivity index (χ3v) is 6.25. The molecule has 0 saturated carbocycles. The van der Waals surface area contributed by atoms with Crippen molar-refractivity contribution in [2.45, 2.75) is 32.4 Å². The second kappa shape index (κ2) is 8.93. The van der Waals surface area contributed by atoms with Crippen molar-refractivity contribution in [1.82, 2.24) is 0 Å². The van der Waals surface area contributed by atoms with E-state index in [0.29, 0.717) is 26.2 Å². The van der Waals surface area contributed by atoms with Crippen LogP contribution < -0.4 is 0 Å². The van der Waals surface area contributed by atoms with Crippen molar-refractivity contribution in [2.24, 2.45) is 4.40 Å². The van der Waals surface area contributed by atoms with E-state index in [9.17, 15) is 4.55 Å². The molecule has 2 aromatic carbocycles. The lowest BCUT2D eigenvalue weighted by Crippen LogP contribution is -2.25. The lowest BCUT2D eigenvalue weighted by Gasteiger charge is -2.19. The summed E-state index contributed by atoms with van der Waals surface area (Å²) in [5.41, 5.74) is 3.80. The van der Waals surface area contributed by atoms with E-state index in [1.54, 1.807) is 12.1 Å². The fourth-order valence-electron chi connectivity index (χ4n) is 2.49. The number of aryl methyl sites for hydroxylation is 1. The van der Waals surface area contributed by atoms with Gasteiger partial charge in [0.25, 0.3) is 0 Å². The van der Waals surface area contributed by atoms with Crippen LogP contribution in [0, 0.1) is 6.92 Å². The normalized spacial score (nSPS) is 13.0. The van der Waals surface area contributed by atoms with E-state index in [1.807, 2.05) is 45.9 Å². The molecule has 0 aliphatic carbocycles. The fourth-order valence-corrected chi connectivity index (χ4v) is 3.64. The van der Waals surface area contributed by atoms with Gasteiger partial charge in [-0.3, -0.25) is 0 Å². The Labute approximate surface area is 179 Å². The predicted octanol–water partition coefficient (Wildman–Crippen LogP) is 6.17. The van der Waals surface area contributed by atoms with Gasteiger partial charge in [-0.05, 0) is 69.2 Å². The minimum atomic E-state index is -1.42. The molecule has 0 aliphatic heterocycles. The van der Waals surface area contributed by atoms with Crippen molar-refractivity contribution in [1.29, 1.82) is 0 Å². The topological polar surface area (TPSA) is 44.6 Å². The van der Waals surface area contributed by atoms with Gasteiger partial charge < -0.3 is 9.29 Å². The Morgan fingerprint density at radius 1 is 1.15 bits per heavy atom. The molecule has 0 N–H and O–H groups in total. The summed E-state index contributed by atoms with van der Waals surface area (Å²) in [4.78, 5) is 0. The first-order valence-corrected chi connectivity index (χ1v) is 10.5. The maximum absolute atomic E-state index is 12.4. The molecule has 0 aliphatic rings. The first kappa shape index (κ1) is 22.2. The zero-order valence-electron chi connectivity index (χ0n) is 15.8. The van der Waals surface area contributed by atoms with Crippen molar-refractivity contribution in [3.05, 3.63) is 57.1 Å². The molecule has 0 radical (unpaired) electrons. The Kier molecular flexibility index (Phi) is 7.33. The van der Waals surface area contributed by atoms with Crippen LogP contribution in [0.4, 0.5) is 0 Å². The Balaban J connectivity index is 2.75. The molecular formula is C20H21Cl2NO2S2. The highest BCUT2D eigenvalue weighted by atomic mass is 35.5. The molecule has 0 spiro atoms. The van der Waals surface area contributed by atoms with E-state index in [4.69, 9.17) is 40.2 Å². The molecule has 0 heterocycles. The van der Waals surface area contributed by atoms with Crippen molar-refractivity contribution >= 4 is 58.0 Å². The molecule has 1 atom stereocenters. The molecular weight excluding hydrogens is 421 g/mol. The summed E-state index contributed by atoms with van der Waals surface area (Å²) < 4.78 is 21.4. The van der Waals surface area contributed by atoms with Crippen LogP contribution in [0.25, 0.3) is 11.1 Å². The number of rotatable bonds is 4. The van der Waals surface area contributed by atoms with Gasteiger partial charge in [-0.2, -0.15) is 0 Å². The zero-order valence-corrected chi connectivity index (χ0v) is 18.9. The van der Waals surface area contributed by atoms with Crippen LogP contribution >= 0.6 is 35.4 Å². The van der Waals surface area contributed by atoms with E-state index in [2.05, 4.69) is 4.40 Å². The van der Waals surface area contributed by atoms with E-state index in [-0.39, 0.29) is 0 Å². The highest BCUT2D eigenvalue weighted by Gasteiger charge is 2.26. The molecule has 27 heavy (non-hydrogen) atoms. The van der Waals surface area contributed by atoms with Gasteiger partial charge in [0.1, 0.15) is 16.1 Å². The number of benzene rings is 2. The molecule has 0 saturated heterocycles. The highest BCUT2D eigenvalue weighted by Crippen LogP contribution is 2.39. The molecule has 0 bridgehead atoms. The van der Waals surface area contributed by atoms with E-state index < -0.39 is 16.1 Å². The van der Waals surface area contributed by atoms with Gasteiger partial charge in [0.05, 0.1) is 18.3 Å². The number of hydrogen-bond acceptors (Lipinski definition) is 4. The standard InChI is InChI=1S/C20H21Cl2NO2S2/c1-12-7-6-8-13(19(26)25-5)17(12)18-14(15(21)9-10-16(18)22)11-23-27(24)20(2,3)4/h6-11H,1-5H3. The number of halogens is 2. The Morgan fingerprint density at radius 3 is 2.37 bits per heavy atom. The maximum Gasteiger partial charge on any atom is 0.191 e. The first-order chi connectivity index (χ1) is 12.6. The Morgan fingerprint density at radius 2 is 1.78 bits per heavy atom. The van der Waals surface area contributed by atoms with E-state index in [1.165, 1.54) is 13.3 Å². The Hall–Kier alpha value is -1.11. The summed E-state index contributed by atoms with van der Waals surface area (Å²) in [6.07, 6.45) is 1.52. The van der Waals surface area contributed by atoms with Gasteiger partial charge in [-0.25, -0.2) is 0 Å². The zero-order chi connectivity index (χ0) is 20.4. The molecule has 3 nitrogen and oxygen atoms in total. The van der Waals surface area contributed by atoms with Gasteiger partial charge in [0, 0.05) is 21.7 Å². The smallest absolute Gasteiger partial charge is 0.191 e. The second-order valence-corrected chi connectivity index (χ2v) is 10.0. The number of hydrogen-bond donors (Lipinski definition) is 0. The maximum atomic E-state index is 12.4. The van der Waals surface area contributed by atoms with Crippen LogP contribution in [-0.2, 0) is 16.1 Å². The molecule has 0 amide bonds. The molecule has 2 rings (SSSR count). The lowest BCUT2D eigenvalue weighted by atomic mass is 9.92. The van der Waals surface area contributed by atoms with Crippen LogP contribution in [0.15, 0.2) is 34.7 Å². The van der Waals surface area contributed by atoms with Crippen molar-refractivity contribution in [2.75, 3.05) is 7.11 Å². The monoisotopic (exact) mass is 441 g/mol. The number of nitrogens with zero attached hydrogens (tertiary/aromatic N) is 1. The first-order valence-electron chi connectivity index (χ1n) is 8.20. The number of methoxy groups -OCH3 is 1. The molecule has 0 aromatic heterocycles. The van der Waals surface area contributed by atoms with Crippen LogP contribution in [-0.4, -0.2) is 27.7 Å². The highest BCUT2D eigenvalue weighted by molar-refractivity contribution is 7.91. The summed E-state index contributed by atoms with van der Waals surface area (Å²) in [5.74, 6) is 0. The van der Waals surface area contributed by atoms with Crippen LogP contribution in [0.3, 0.4) is 0 Å². The summed E-state index contributed by atoms with van der Waals surface area (Å²) in [7, 11) is 1.53. The van der Waals surface area contributed by atoms with E-state index >= 15 is 0 Å². The van der Waals surface area contributed by atoms with Crippen molar-refractivity contribution in [3.8, 4) is 11.1 Å². The Bertz CT molecular complexity index is 892. The second-order valence-electron chi connectivity index (χ2n) is 6.90. The quantitative estimate of drug-likeness (QED) is 0.323. The summed E-state index contributed by atoms with van der Waals surface area (Å²) >= 11 is 16.9. The number of ether oxygens (including phenoxy) is 1.